The minimum absolute atomic E-state index is 0.0501. The summed E-state index contributed by atoms with van der Waals surface area (Å²) in [5.74, 6) is 0.262. The number of amides is 2. The van der Waals surface area contributed by atoms with E-state index < -0.39 is 5.97 Å². The Labute approximate surface area is 124 Å². The number of pyridine rings is 1. The minimum Gasteiger partial charge on any atom is -0.478 e. The molecule has 1 saturated carbocycles. The van der Waals surface area contributed by atoms with Gasteiger partial charge in [-0.05, 0) is 30.7 Å². The Morgan fingerprint density at radius 3 is 2.67 bits per heavy atom. The van der Waals surface area contributed by atoms with Gasteiger partial charge in [0.05, 0.1) is 17.4 Å². The van der Waals surface area contributed by atoms with E-state index in [0.29, 0.717) is 18.2 Å². The Morgan fingerprint density at radius 2 is 2.00 bits per heavy atom. The number of aromatic carboxylic acids is 1. The normalized spacial score (nSPS) is 21.6. The second-order valence-corrected chi connectivity index (χ2v) is 5.73. The van der Waals surface area contributed by atoms with E-state index in [4.69, 9.17) is 5.11 Å². The third kappa shape index (κ3) is 4.73. The molecular formula is C15H21N3O3. The molecule has 1 aliphatic rings. The molecule has 0 radical (unpaired) electrons. The van der Waals surface area contributed by atoms with Gasteiger partial charge in [0, 0.05) is 12.7 Å². The first kappa shape index (κ1) is 15.3. The van der Waals surface area contributed by atoms with E-state index in [1.807, 2.05) is 0 Å². The molecule has 0 bridgehead atoms. The van der Waals surface area contributed by atoms with Gasteiger partial charge in [-0.15, -0.1) is 0 Å². The molecule has 2 rings (SSSR count). The molecule has 0 atom stereocenters. The van der Waals surface area contributed by atoms with Crippen LogP contribution in [0.4, 0.5) is 10.5 Å². The van der Waals surface area contributed by atoms with E-state index in [0.717, 1.165) is 18.8 Å². The van der Waals surface area contributed by atoms with Gasteiger partial charge in [-0.1, -0.05) is 19.8 Å². The first-order chi connectivity index (χ1) is 10.0. The fourth-order valence-corrected chi connectivity index (χ4v) is 2.57. The average Bonchev–Trinajstić information content (AvgIpc) is 2.47. The second-order valence-electron chi connectivity index (χ2n) is 5.73. The maximum atomic E-state index is 11.8. The number of carboxylic acids is 1. The van der Waals surface area contributed by atoms with Crippen molar-refractivity contribution in [1.82, 2.24) is 10.3 Å². The van der Waals surface area contributed by atoms with Gasteiger partial charge in [-0.3, -0.25) is 4.98 Å². The van der Waals surface area contributed by atoms with Crippen molar-refractivity contribution in [2.45, 2.75) is 32.6 Å². The van der Waals surface area contributed by atoms with Gasteiger partial charge in [-0.2, -0.15) is 0 Å². The summed E-state index contributed by atoms with van der Waals surface area (Å²) in [6.07, 6.45) is 7.41. The molecule has 1 aromatic rings. The second kappa shape index (κ2) is 7.06. The highest BCUT2D eigenvalue weighted by Gasteiger charge is 2.18. The molecule has 0 spiro atoms. The van der Waals surface area contributed by atoms with Crippen LogP contribution >= 0.6 is 0 Å². The zero-order chi connectivity index (χ0) is 15.2. The average molecular weight is 291 g/mol. The Kier molecular flexibility index (Phi) is 5.14. The third-order valence-corrected chi connectivity index (χ3v) is 3.93. The fraction of sp³-hybridized carbons (Fsp3) is 0.533. The van der Waals surface area contributed by atoms with E-state index >= 15 is 0 Å². The van der Waals surface area contributed by atoms with Crippen LogP contribution in [0.15, 0.2) is 18.5 Å². The molecule has 0 aromatic carbocycles. The van der Waals surface area contributed by atoms with Crippen molar-refractivity contribution >= 4 is 17.7 Å². The van der Waals surface area contributed by atoms with Gasteiger partial charge in [-0.25, -0.2) is 9.59 Å². The van der Waals surface area contributed by atoms with Crippen LogP contribution in [0.2, 0.25) is 0 Å². The van der Waals surface area contributed by atoms with Gasteiger partial charge in [0.1, 0.15) is 0 Å². The van der Waals surface area contributed by atoms with Crippen LogP contribution in [0.5, 0.6) is 0 Å². The van der Waals surface area contributed by atoms with Crippen molar-refractivity contribution in [3.8, 4) is 0 Å². The number of nitrogens with one attached hydrogen (secondary N) is 2. The Balaban J connectivity index is 1.79. The number of carbonyl (C=O) groups is 2. The topological polar surface area (TPSA) is 91.3 Å². The lowest BCUT2D eigenvalue weighted by Gasteiger charge is -2.26. The third-order valence-electron chi connectivity index (χ3n) is 3.93. The number of carbonyl (C=O) groups excluding carboxylic acids is 1. The molecule has 3 N–H and O–H groups in total. The first-order valence-electron chi connectivity index (χ1n) is 7.28. The Morgan fingerprint density at radius 1 is 1.29 bits per heavy atom. The molecule has 114 valence electrons. The zero-order valence-corrected chi connectivity index (χ0v) is 12.1. The molecule has 1 aliphatic carbocycles. The minimum atomic E-state index is -1.07. The molecule has 0 aliphatic heterocycles. The number of hydrogen-bond acceptors (Lipinski definition) is 3. The van der Waals surface area contributed by atoms with Gasteiger partial charge in [0.15, 0.2) is 0 Å². The number of nitrogens with zero attached hydrogens (tertiary/aromatic N) is 1. The molecule has 1 aromatic heterocycles. The molecule has 2 amide bonds. The Hall–Kier alpha value is -2.11. The SMILES string of the molecule is CC1CCC(CNC(=O)Nc2cncc(C(=O)O)c2)CC1. The summed E-state index contributed by atoms with van der Waals surface area (Å²) >= 11 is 0. The van der Waals surface area contributed by atoms with E-state index in [-0.39, 0.29) is 11.6 Å². The summed E-state index contributed by atoms with van der Waals surface area (Å²) in [7, 11) is 0. The van der Waals surface area contributed by atoms with Gasteiger partial charge >= 0.3 is 12.0 Å². The Bertz CT molecular complexity index is 511. The van der Waals surface area contributed by atoms with E-state index in [2.05, 4.69) is 22.5 Å². The number of aromatic nitrogens is 1. The van der Waals surface area contributed by atoms with Crippen LogP contribution in [0.1, 0.15) is 43.0 Å². The van der Waals surface area contributed by atoms with Crippen LogP contribution in [0.25, 0.3) is 0 Å². The molecule has 1 heterocycles. The maximum Gasteiger partial charge on any atom is 0.337 e. The molecule has 6 heteroatoms. The van der Waals surface area contributed by atoms with E-state index in [1.165, 1.54) is 31.3 Å². The highest BCUT2D eigenvalue weighted by molar-refractivity contribution is 5.92. The quantitative estimate of drug-likeness (QED) is 0.795. The van der Waals surface area contributed by atoms with Crippen LogP contribution in [-0.4, -0.2) is 28.6 Å². The highest BCUT2D eigenvalue weighted by atomic mass is 16.4. The van der Waals surface area contributed by atoms with Gasteiger partial charge in [0.2, 0.25) is 0 Å². The lowest BCUT2D eigenvalue weighted by atomic mass is 9.83. The smallest absolute Gasteiger partial charge is 0.337 e. The number of rotatable bonds is 4. The van der Waals surface area contributed by atoms with Crippen LogP contribution < -0.4 is 10.6 Å². The largest absolute Gasteiger partial charge is 0.478 e. The summed E-state index contributed by atoms with van der Waals surface area (Å²) in [5.41, 5.74) is 0.429. The number of carboxylic acid groups (broad SMARTS) is 1. The van der Waals surface area contributed by atoms with Crippen molar-refractivity contribution in [3.05, 3.63) is 24.0 Å². The lowest BCUT2D eigenvalue weighted by Crippen LogP contribution is -2.34. The molecule has 6 nitrogen and oxygen atoms in total. The van der Waals surface area contributed by atoms with Crippen LogP contribution in [-0.2, 0) is 0 Å². The molecule has 0 saturated heterocycles. The lowest BCUT2D eigenvalue weighted by molar-refractivity contribution is 0.0696. The van der Waals surface area contributed by atoms with Crippen molar-refractivity contribution in [1.29, 1.82) is 0 Å². The first-order valence-corrected chi connectivity index (χ1v) is 7.28. The monoisotopic (exact) mass is 291 g/mol. The fourth-order valence-electron chi connectivity index (χ4n) is 2.57. The zero-order valence-electron chi connectivity index (χ0n) is 12.1. The van der Waals surface area contributed by atoms with Gasteiger partial charge < -0.3 is 15.7 Å². The molecule has 1 fully saturated rings. The standard InChI is InChI=1S/C15H21N3O3/c1-10-2-4-11(5-3-10)7-17-15(21)18-13-6-12(14(19)20)8-16-9-13/h6,8-11H,2-5,7H2,1H3,(H,19,20)(H2,17,18,21). The summed E-state index contributed by atoms with van der Waals surface area (Å²) in [6.45, 7) is 2.92. The van der Waals surface area contributed by atoms with Crippen molar-refractivity contribution in [2.24, 2.45) is 11.8 Å². The molecule has 21 heavy (non-hydrogen) atoms. The number of hydrogen-bond donors (Lipinski definition) is 3. The van der Waals surface area contributed by atoms with E-state index in [1.54, 1.807) is 0 Å². The summed E-state index contributed by atoms with van der Waals surface area (Å²) < 4.78 is 0. The van der Waals surface area contributed by atoms with Crippen LogP contribution in [0.3, 0.4) is 0 Å². The van der Waals surface area contributed by atoms with E-state index in [9.17, 15) is 9.59 Å². The molecular weight excluding hydrogens is 270 g/mol. The predicted molar refractivity (Wildman–Crippen MR) is 79.3 cm³/mol. The van der Waals surface area contributed by atoms with Gasteiger partial charge in [0.25, 0.3) is 0 Å². The maximum absolute atomic E-state index is 11.8. The van der Waals surface area contributed by atoms with Crippen molar-refractivity contribution in [2.75, 3.05) is 11.9 Å². The van der Waals surface area contributed by atoms with Crippen molar-refractivity contribution in [3.63, 3.8) is 0 Å². The van der Waals surface area contributed by atoms with Crippen molar-refractivity contribution < 1.29 is 14.7 Å². The summed E-state index contributed by atoms with van der Waals surface area (Å²) in [4.78, 5) is 26.4. The number of urea groups is 1. The number of anilines is 1. The molecule has 0 unspecified atom stereocenters. The van der Waals surface area contributed by atoms with Crippen LogP contribution in [0, 0.1) is 11.8 Å². The summed E-state index contributed by atoms with van der Waals surface area (Å²) in [6, 6.07) is 1.06. The predicted octanol–water partition coefficient (Wildman–Crippen LogP) is 2.73. The highest BCUT2D eigenvalue weighted by Crippen LogP contribution is 2.27. The summed E-state index contributed by atoms with van der Waals surface area (Å²) in [5, 5.41) is 14.3.